The molecule has 0 aliphatic heterocycles. The van der Waals surface area contributed by atoms with E-state index < -0.39 is 0 Å². The lowest BCUT2D eigenvalue weighted by atomic mass is 9.86. The third-order valence-corrected chi connectivity index (χ3v) is 4.02. The van der Waals surface area contributed by atoms with E-state index in [9.17, 15) is 0 Å². The smallest absolute Gasteiger partial charge is 0.00977 e. The molecular weight excluding hydrogens is 194 g/mol. The molecule has 0 aromatic heterocycles. The van der Waals surface area contributed by atoms with Crippen molar-refractivity contribution in [2.45, 2.75) is 78.2 Å². The minimum Gasteiger partial charge on any atom is -0.300 e. The van der Waals surface area contributed by atoms with E-state index in [1.807, 2.05) is 0 Å². The van der Waals surface area contributed by atoms with Gasteiger partial charge < -0.3 is 4.90 Å². The topological polar surface area (TPSA) is 3.24 Å². The van der Waals surface area contributed by atoms with E-state index in [0.717, 1.165) is 12.0 Å². The van der Waals surface area contributed by atoms with Crippen molar-refractivity contribution in [2.75, 3.05) is 13.1 Å². The van der Waals surface area contributed by atoms with Crippen molar-refractivity contribution in [1.82, 2.24) is 4.90 Å². The van der Waals surface area contributed by atoms with Crippen LogP contribution in [0.5, 0.6) is 0 Å². The molecule has 1 saturated carbocycles. The Morgan fingerprint density at radius 3 is 2.12 bits per heavy atom. The molecule has 0 aromatic rings. The van der Waals surface area contributed by atoms with Crippen LogP contribution in [0.15, 0.2) is 0 Å². The van der Waals surface area contributed by atoms with Crippen molar-refractivity contribution < 1.29 is 0 Å². The van der Waals surface area contributed by atoms with Crippen LogP contribution in [0.4, 0.5) is 0 Å². The molecular formula is C15H31N. The van der Waals surface area contributed by atoms with Crippen molar-refractivity contribution in [3.8, 4) is 0 Å². The maximum Gasteiger partial charge on any atom is 0.00977 e. The van der Waals surface area contributed by atoms with Gasteiger partial charge in [0.15, 0.2) is 0 Å². The molecule has 0 N–H and O–H groups in total. The summed E-state index contributed by atoms with van der Waals surface area (Å²) in [6, 6.07) is 0.904. The molecule has 1 aliphatic carbocycles. The Morgan fingerprint density at radius 2 is 1.62 bits per heavy atom. The second kappa shape index (κ2) is 8.11. The van der Waals surface area contributed by atoms with Gasteiger partial charge in [0.25, 0.3) is 0 Å². The quantitative estimate of drug-likeness (QED) is 0.618. The molecule has 96 valence electrons. The van der Waals surface area contributed by atoms with Gasteiger partial charge in [-0.3, -0.25) is 0 Å². The Labute approximate surface area is 103 Å². The van der Waals surface area contributed by atoms with E-state index in [1.54, 1.807) is 0 Å². The SMILES string of the molecule is CCCCN(CCCC)[C@H]1CCC[C@@H](C)C1. The Balaban J connectivity index is 2.38. The lowest BCUT2D eigenvalue weighted by Crippen LogP contribution is -2.39. The fourth-order valence-corrected chi connectivity index (χ4v) is 2.93. The fourth-order valence-electron chi connectivity index (χ4n) is 2.93. The summed E-state index contributed by atoms with van der Waals surface area (Å²) in [5.41, 5.74) is 0. The molecule has 0 aromatic carbocycles. The van der Waals surface area contributed by atoms with Gasteiger partial charge in [-0.2, -0.15) is 0 Å². The van der Waals surface area contributed by atoms with E-state index in [0.29, 0.717) is 0 Å². The number of unbranched alkanes of at least 4 members (excludes halogenated alkanes) is 2. The summed E-state index contributed by atoms with van der Waals surface area (Å²) in [5, 5.41) is 0. The Bertz CT molecular complexity index is 159. The van der Waals surface area contributed by atoms with Crippen LogP contribution in [0.1, 0.15) is 72.1 Å². The van der Waals surface area contributed by atoms with Gasteiger partial charge >= 0.3 is 0 Å². The molecule has 0 saturated heterocycles. The highest BCUT2D eigenvalue weighted by Crippen LogP contribution is 2.27. The van der Waals surface area contributed by atoms with Gasteiger partial charge in [-0.15, -0.1) is 0 Å². The van der Waals surface area contributed by atoms with Crippen LogP contribution in [0.3, 0.4) is 0 Å². The molecule has 1 rings (SSSR count). The average molecular weight is 225 g/mol. The largest absolute Gasteiger partial charge is 0.300 e. The number of rotatable bonds is 7. The van der Waals surface area contributed by atoms with Crippen molar-refractivity contribution in [2.24, 2.45) is 5.92 Å². The summed E-state index contributed by atoms with van der Waals surface area (Å²) >= 11 is 0. The van der Waals surface area contributed by atoms with E-state index in [4.69, 9.17) is 0 Å². The van der Waals surface area contributed by atoms with Crippen molar-refractivity contribution in [3.05, 3.63) is 0 Å². The Kier molecular flexibility index (Phi) is 7.11. The monoisotopic (exact) mass is 225 g/mol. The van der Waals surface area contributed by atoms with Crippen LogP contribution in [0.25, 0.3) is 0 Å². The van der Waals surface area contributed by atoms with Crippen LogP contribution in [-0.2, 0) is 0 Å². The van der Waals surface area contributed by atoms with Gasteiger partial charge in [-0.25, -0.2) is 0 Å². The van der Waals surface area contributed by atoms with E-state index in [-0.39, 0.29) is 0 Å². The minimum atomic E-state index is 0.904. The molecule has 0 radical (unpaired) electrons. The Hall–Kier alpha value is -0.0400. The fraction of sp³-hybridized carbons (Fsp3) is 1.00. The first kappa shape index (κ1) is 14.0. The normalized spacial score (nSPS) is 26.2. The lowest BCUT2D eigenvalue weighted by molar-refractivity contribution is 0.131. The molecule has 1 aliphatic rings. The van der Waals surface area contributed by atoms with Gasteiger partial charge in [0.2, 0.25) is 0 Å². The van der Waals surface area contributed by atoms with Crippen molar-refractivity contribution in [1.29, 1.82) is 0 Å². The third-order valence-electron chi connectivity index (χ3n) is 4.02. The second-order valence-corrected chi connectivity index (χ2v) is 5.67. The highest BCUT2D eigenvalue weighted by molar-refractivity contribution is 4.78. The molecule has 0 heterocycles. The van der Waals surface area contributed by atoms with Gasteiger partial charge in [-0.1, -0.05) is 46.5 Å². The van der Waals surface area contributed by atoms with Crippen LogP contribution in [0.2, 0.25) is 0 Å². The summed E-state index contributed by atoms with van der Waals surface area (Å²) < 4.78 is 0. The number of hydrogen-bond donors (Lipinski definition) is 0. The Morgan fingerprint density at radius 1 is 1.00 bits per heavy atom. The highest BCUT2D eigenvalue weighted by Gasteiger charge is 2.23. The van der Waals surface area contributed by atoms with Gasteiger partial charge in [0.05, 0.1) is 0 Å². The lowest BCUT2D eigenvalue weighted by Gasteiger charge is -2.36. The van der Waals surface area contributed by atoms with Gasteiger partial charge in [-0.05, 0) is 44.7 Å². The second-order valence-electron chi connectivity index (χ2n) is 5.67. The first-order valence-corrected chi connectivity index (χ1v) is 7.52. The van der Waals surface area contributed by atoms with Crippen molar-refractivity contribution in [3.63, 3.8) is 0 Å². The van der Waals surface area contributed by atoms with Crippen LogP contribution >= 0.6 is 0 Å². The first-order valence-electron chi connectivity index (χ1n) is 7.52. The zero-order valence-electron chi connectivity index (χ0n) is 11.7. The molecule has 1 heteroatoms. The number of nitrogens with zero attached hydrogens (tertiary/aromatic N) is 1. The van der Waals surface area contributed by atoms with Crippen LogP contribution < -0.4 is 0 Å². The molecule has 0 bridgehead atoms. The zero-order chi connectivity index (χ0) is 11.8. The average Bonchev–Trinajstić information content (AvgIpc) is 2.29. The molecule has 0 amide bonds. The maximum atomic E-state index is 2.79. The van der Waals surface area contributed by atoms with E-state index in [1.165, 1.54) is 64.5 Å². The predicted octanol–water partition coefficient (Wildman–Crippen LogP) is 4.47. The molecule has 1 nitrogen and oxygen atoms in total. The molecule has 2 atom stereocenters. The summed E-state index contributed by atoms with van der Waals surface area (Å²) in [6.45, 7) is 9.73. The molecule has 1 fully saturated rings. The number of hydrogen-bond acceptors (Lipinski definition) is 1. The third kappa shape index (κ3) is 4.86. The molecule has 16 heavy (non-hydrogen) atoms. The van der Waals surface area contributed by atoms with Gasteiger partial charge in [0.1, 0.15) is 0 Å². The summed E-state index contributed by atoms with van der Waals surface area (Å²) in [5.74, 6) is 0.963. The minimum absolute atomic E-state index is 0.904. The van der Waals surface area contributed by atoms with Crippen LogP contribution in [-0.4, -0.2) is 24.0 Å². The van der Waals surface area contributed by atoms with E-state index >= 15 is 0 Å². The first-order chi connectivity index (χ1) is 7.77. The summed E-state index contributed by atoms with van der Waals surface area (Å²) in [6.07, 6.45) is 11.3. The summed E-state index contributed by atoms with van der Waals surface area (Å²) in [7, 11) is 0. The highest BCUT2D eigenvalue weighted by atomic mass is 15.1. The van der Waals surface area contributed by atoms with Gasteiger partial charge in [0, 0.05) is 6.04 Å². The molecule has 0 unspecified atom stereocenters. The predicted molar refractivity (Wildman–Crippen MR) is 72.8 cm³/mol. The summed E-state index contributed by atoms with van der Waals surface area (Å²) in [4.78, 5) is 2.79. The van der Waals surface area contributed by atoms with Crippen LogP contribution in [0, 0.1) is 5.92 Å². The maximum absolute atomic E-state index is 2.79. The molecule has 0 spiro atoms. The zero-order valence-corrected chi connectivity index (χ0v) is 11.7. The van der Waals surface area contributed by atoms with E-state index in [2.05, 4.69) is 25.7 Å². The van der Waals surface area contributed by atoms with Crippen molar-refractivity contribution >= 4 is 0 Å². The standard InChI is InChI=1S/C15H31N/c1-4-6-11-16(12-7-5-2)15-10-8-9-14(3)13-15/h14-15H,4-13H2,1-3H3/t14-,15+/m1/s1.